The molecule has 0 aromatic heterocycles. The molecule has 0 heterocycles. The number of hydrogen-bond acceptors (Lipinski definition) is 6. The smallest absolute Gasteiger partial charge is 0.306 e. The Morgan fingerprint density at radius 2 is 0.407 bits per heavy atom. The lowest BCUT2D eigenvalue weighted by atomic mass is 10.0. The van der Waals surface area contributed by atoms with Crippen LogP contribution < -0.4 is 0 Å². The molecule has 0 fully saturated rings. The molecule has 0 saturated heterocycles. The summed E-state index contributed by atoms with van der Waals surface area (Å²) in [5, 5.41) is 0. The Hall–Kier alpha value is -1.85. The Morgan fingerprint density at radius 1 is 0.235 bits per heavy atom. The van der Waals surface area contributed by atoms with Crippen molar-refractivity contribution < 1.29 is 28.6 Å². The second-order valence-corrected chi connectivity index (χ2v) is 25.6. The summed E-state index contributed by atoms with van der Waals surface area (Å²) in [6.45, 7) is 6.73. The second kappa shape index (κ2) is 70.6. The third-order valence-corrected chi connectivity index (χ3v) is 17.3. The average Bonchev–Trinajstić information content (AvgIpc) is 3.47. The SMILES string of the molecule is CCCCCCCC/C=C\CCCCCCCC(=O)OCC(COC(=O)CCCCCCCCCCCCCCCCCCCCCCCCCCCC)OC(=O)CCCCCCCCCCCCCCCCCCCCCCCC. The van der Waals surface area contributed by atoms with Crippen molar-refractivity contribution in [3.63, 3.8) is 0 Å². The van der Waals surface area contributed by atoms with Gasteiger partial charge in [-0.25, -0.2) is 0 Å². The molecule has 81 heavy (non-hydrogen) atoms. The molecule has 1 atom stereocenters. The fourth-order valence-electron chi connectivity index (χ4n) is 11.7. The van der Waals surface area contributed by atoms with E-state index in [2.05, 4.69) is 32.9 Å². The summed E-state index contributed by atoms with van der Waals surface area (Å²) < 4.78 is 17.0. The van der Waals surface area contributed by atoms with E-state index in [1.165, 1.54) is 327 Å². The van der Waals surface area contributed by atoms with Crippen LogP contribution in [0.2, 0.25) is 0 Å². The summed E-state index contributed by atoms with van der Waals surface area (Å²) in [5.41, 5.74) is 0. The maximum Gasteiger partial charge on any atom is 0.306 e. The summed E-state index contributed by atoms with van der Waals surface area (Å²) in [7, 11) is 0. The van der Waals surface area contributed by atoms with Gasteiger partial charge in [-0.2, -0.15) is 0 Å². The first kappa shape index (κ1) is 79.2. The minimum absolute atomic E-state index is 0.0654. The normalized spacial score (nSPS) is 12.0. The highest BCUT2D eigenvalue weighted by atomic mass is 16.6. The standard InChI is InChI=1S/C75H144O6/c1-4-7-10-13-16-19-22-25-28-30-32-34-36-37-38-39-41-42-44-47-50-53-56-59-62-65-68-74(77)80-71-72(70-79-73(76)67-64-61-58-55-52-49-46-27-24-21-18-15-12-9-6-3)81-75(78)69-66-63-60-57-54-51-48-45-43-40-35-33-31-29-26-23-20-17-14-11-8-5-2/h27,46,72H,4-26,28-45,47-71H2,1-3H3/b46-27-. The van der Waals surface area contributed by atoms with E-state index in [0.29, 0.717) is 19.3 Å². The van der Waals surface area contributed by atoms with Gasteiger partial charge in [-0.05, 0) is 44.9 Å². The summed E-state index contributed by atoms with van der Waals surface area (Å²) in [6, 6.07) is 0. The van der Waals surface area contributed by atoms with Gasteiger partial charge in [0.1, 0.15) is 13.2 Å². The Morgan fingerprint density at radius 3 is 0.617 bits per heavy atom. The van der Waals surface area contributed by atoms with Crippen molar-refractivity contribution in [2.75, 3.05) is 13.2 Å². The van der Waals surface area contributed by atoms with Gasteiger partial charge in [0.2, 0.25) is 0 Å². The van der Waals surface area contributed by atoms with Gasteiger partial charge >= 0.3 is 17.9 Å². The molecule has 0 radical (unpaired) electrons. The summed E-state index contributed by atoms with van der Waals surface area (Å²) in [4.78, 5) is 38.5. The molecule has 1 unspecified atom stereocenters. The van der Waals surface area contributed by atoms with Crippen LogP contribution in [-0.4, -0.2) is 37.2 Å². The summed E-state index contributed by atoms with van der Waals surface area (Å²) in [6.07, 6.45) is 85.4. The lowest BCUT2D eigenvalue weighted by Gasteiger charge is -2.18. The zero-order valence-corrected chi connectivity index (χ0v) is 55.4. The molecular weight excluding hydrogens is 997 g/mol. The molecule has 0 saturated carbocycles. The number of hydrogen-bond donors (Lipinski definition) is 0. The summed E-state index contributed by atoms with van der Waals surface area (Å²) in [5.74, 6) is -0.835. The Labute approximate surface area is 507 Å². The van der Waals surface area contributed by atoms with Crippen molar-refractivity contribution in [2.24, 2.45) is 0 Å². The van der Waals surface area contributed by atoms with E-state index in [9.17, 15) is 14.4 Å². The lowest BCUT2D eigenvalue weighted by molar-refractivity contribution is -0.167. The van der Waals surface area contributed by atoms with Gasteiger partial charge in [0.25, 0.3) is 0 Å². The Bertz CT molecular complexity index is 1260. The average molecular weight is 1140 g/mol. The molecule has 0 aliphatic heterocycles. The first-order valence-corrected chi connectivity index (χ1v) is 37.2. The van der Waals surface area contributed by atoms with Gasteiger partial charge in [-0.15, -0.1) is 0 Å². The molecule has 0 aromatic rings. The highest BCUT2D eigenvalue weighted by molar-refractivity contribution is 5.71. The first-order chi connectivity index (χ1) is 40.0. The van der Waals surface area contributed by atoms with E-state index in [-0.39, 0.29) is 31.1 Å². The minimum Gasteiger partial charge on any atom is -0.462 e. The van der Waals surface area contributed by atoms with Crippen LogP contribution in [0, 0.1) is 0 Å². The zero-order chi connectivity index (χ0) is 58.5. The molecule has 6 heteroatoms. The van der Waals surface area contributed by atoms with Crippen LogP contribution in [0.5, 0.6) is 0 Å². The molecular formula is C75H144O6. The van der Waals surface area contributed by atoms with Crippen molar-refractivity contribution >= 4 is 17.9 Å². The van der Waals surface area contributed by atoms with E-state index in [4.69, 9.17) is 14.2 Å². The van der Waals surface area contributed by atoms with E-state index < -0.39 is 6.10 Å². The quantitative estimate of drug-likeness (QED) is 0.0261. The first-order valence-electron chi connectivity index (χ1n) is 37.2. The van der Waals surface area contributed by atoms with E-state index in [0.717, 1.165) is 64.2 Å². The molecule has 0 spiro atoms. The Kier molecular flexibility index (Phi) is 69.0. The maximum atomic E-state index is 13.0. The molecule has 0 aromatic carbocycles. The van der Waals surface area contributed by atoms with Gasteiger partial charge in [0.05, 0.1) is 0 Å². The Balaban J connectivity index is 4.22. The third-order valence-electron chi connectivity index (χ3n) is 17.3. The van der Waals surface area contributed by atoms with E-state index in [1.807, 2.05) is 0 Å². The molecule has 0 aliphatic rings. The topological polar surface area (TPSA) is 78.9 Å². The fraction of sp³-hybridized carbons (Fsp3) is 0.933. The monoisotopic (exact) mass is 1140 g/mol. The van der Waals surface area contributed by atoms with Crippen molar-refractivity contribution in [3.8, 4) is 0 Å². The number of unbranched alkanes of at least 4 members (excludes halogenated alkanes) is 57. The minimum atomic E-state index is -0.770. The second-order valence-electron chi connectivity index (χ2n) is 25.6. The summed E-state index contributed by atoms with van der Waals surface area (Å²) >= 11 is 0. The number of rotatable bonds is 70. The predicted molar refractivity (Wildman–Crippen MR) is 353 cm³/mol. The molecule has 0 aliphatic carbocycles. The van der Waals surface area contributed by atoms with Crippen LogP contribution in [0.3, 0.4) is 0 Å². The highest BCUT2D eigenvalue weighted by Gasteiger charge is 2.20. The molecule has 0 rings (SSSR count). The van der Waals surface area contributed by atoms with Crippen LogP contribution in [0.4, 0.5) is 0 Å². The fourth-order valence-corrected chi connectivity index (χ4v) is 11.7. The molecule has 0 bridgehead atoms. The van der Waals surface area contributed by atoms with Gasteiger partial charge in [-0.3, -0.25) is 14.4 Å². The molecule has 6 nitrogen and oxygen atoms in total. The van der Waals surface area contributed by atoms with Crippen molar-refractivity contribution in [1.82, 2.24) is 0 Å². The highest BCUT2D eigenvalue weighted by Crippen LogP contribution is 2.20. The van der Waals surface area contributed by atoms with E-state index in [1.54, 1.807) is 0 Å². The van der Waals surface area contributed by atoms with Crippen molar-refractivity contribution in [3.05, 3.63) is 12.2 Å². The van der Waals surface area contributed by atoms with Gasteiger partial charge in [0.15, 0.2) is 6.10 Å². The van der Waals surface area contributed by atoms with Crippen molar-refractivity contribution in [2.45, 2.75) is 438 Å². The number of carbonyl (C=O) groups is 3. The number of carbonyl (C=O) groups excluding carboxylic acids is 3. The number of esters is 3. The van der Waals surface area contributed by atoms with Crippen LogP contribution in [0.1, 0.15) is 432 Å². The van der Waals surface area contributed by atoms with Crippen molar-refractivity contribution in [1.29, 1.82) is 0 Å². The van der Waals surface area contributed by atoms with Crippen LogP contribution in [0.15, 0.2) is 12.2 Å². The van der Waals surface area contributed by atoms with Gasteiger partial charge in [-0.1, -0.05) is 380 Å². The molecule has 480 valence electrons. The number of ether oxygens (including phenoxy) is 3. The predicted octanol–water partition coefficient (Wildman–Crippen LogP) is 25.6. The maximum absolute atomic E-state index is 13.0. The van der Waals surface area contributed by atoms with Crippen LogP contribution in [-0.2, 0) is 28.6 Å². The molecule has 0 amide bonds. The largest absolute Gasteiger partial charge is 0.462 e. The zero-order valence-electron chi connectivity index (χ0n) is 55.4. The molecule has 0 N–H and O–H groups in total. The third kappa shape index (κ3) is 68.8. The van der Waals surface area contributed by atoms with Crippen LogP contribution >= 0.6 is 0 Å². The lowest BCUT2D eigenvalue weighted by Crippen LogP contribution is -2.30. The van der Waals surface area contributed by atoms with Crippen LogP contribution in [0.25, 0.3) is 0 Å². The number of allylic oxidation sites excluding steroid dienone is 2. The van der Waals surface area contributed by atoms with Gasteiger partial charge in [0, 0.05) is 19.3 Å². The van der Waals surface area contributed by atoms with Gasteiger partial charge < -0.3 is 14.2 Å². The van der Waals surface area contributed by atoms with E-state index >= 15 is 0 Å².